The highest BCUT2D eigenvalue weighted by atomic mass is 32.1. The van der Waals surface area contributed by atoms with Crippen LogP contribution in [0, 0.1) is 12.7 Å². The SMILES string of the molecule is C=C/C=C(/c1ccsc1)c1nc(-c2n[nH]c3cnc(-c4cncc(NC(=C)CCCC)c4)c(F)c23)[nH]c1C. The van der Waals surface area contributed by atoms with E-state index in [0.717, 1.165) is 53.2 Å². The molecule has 0 saturated carbocycles. The molecule has 5 aromatic rings. The van der Waals surface area contributed by atoms with Crippen molar-refractivity contribution >= 4 is 33.5 Å². The predicted molar refractivity (Wildman–Crippen MR) is 153 cm³/mol. The second-order valence-electron chi connectivity index (χ2n) is 8.96. The Balaban J connectivity index is 1.54. The number of nitrogens with zero attached hydrogens (tertiary/aromatic N) is 4. The molecule has 5 rings (SSSR count). The van der Waals surface area contributed by atoms with Gasteiger partial charge in [0.1, 0.15) is 11.4 Å². The number of aromatic amines is 2. The average Bonchev–Trinajstić information content (AvgIpc) is 3.67. The maximum Gasteiger partial charge on any atom is 0.161 e. The number of allylic oxidation sites excluding steroid dienone is 3. The number of H-pyrrole nitrogens is 2. The first-order valence-corrected chi connectivity index (χ1v) is 13.3. The molecule has 38 heavy (non-hydrogen) atoms. The number of unbranched alkanes of at least 4 members (excludes halogenated alkanes) is 1. The number of aryl methyl sites for hydroxylation is 1. The number of aromatic nitrogens is 6. The largest absolute Gasteiger partial charge is 0.358 e. The van der Waals surface area contributed by atoms with Gasteiger partial charge >= 0.3 is 0 Å². The topological polar surface area (TPSA) is 95.2 Å². The van der Waals surface area contributed by atoms with Gasteiger partial charge in [-0.2, -0.15) is 16.4 Å². The van der Waals surface area contributed by atoms with Crippen LogP contribution in [0.3, 0.4) is 0 Å². The summed E-state index contributed by atoms with van der Waals surface area (Å²) in [5, 5.41) is 14.9. The number of rotatable bonds is 10. The zero-order valence-corrected chi connectivity index (χ0v) is 22.1. The van der Waals surface area contributed by atoms with E-state index in [1.807, 2.05) is 30.5 Å². The minimum absolute atomic E-state index is 0.185. The lowest BCUT2D eigenvalue weighted by molar-refractivity contribution is 0.638. The number of pyridine rings is 2. The molecule has 0 radical (unpaired) electrons. The van der Waals surface area contributed by atoms with E-state index >= 15 is 4.39 Å². The Kier molecular flexibility index (Phi) is 7.28. The molecule has 0 fully saturated rings. The van der Waals surface area contributed by atoms with Crippen molar-refractivity contribution < 1.29 is 4.39 Å². The fourth-order valence-corrected chi connectivity index (χ4v) is 4.98. The molecule has 0 atom stereocenters. The van der Waals surface area contributed by atoms with Crippen LogP contribution in [0.5, 0.6) is 0 Å². The van der Waals surface area contributed by atoms with Gasteiger partial charge in [0.15, 0.2) is 11.6 Å². The van der Waals surface area contributed by atoms with Gasteiger partial charge in [-0.15, -0.1) is 0 Å². The number of thiophene rings is 1. The fraction of sp³-hybridized carbons (Fsp3) is 0.172. The summed E-state index contributed by atoms with van der Waals surface area (Å²) in [5.74, 6) is -0.0314. The van der Waals surface area contributed by atoms with Gasteiger partial charge in [-0.1, -0.05) is 38.7 Å². The van der Waals surface area contributed by atoms with Crippen LogP contribution in [0.25, 0.3) is 39.3 Å². The zero-order valence-electron chi connectivity index (χ0n) is 21.3. The minimum atomic E-state index is -0.495. The third-order valence-corrected chi connectivity index (χ3v) is 6.87. The monoisotopic (exact) mass is 525 g/mol. The van der Waals surface area contributed by atoms with E-state index in [4.69, 9.17) is 4.98 Å². The second-order valence-corrected chi connectivity index (χ2v) is 9.74. The summed E-state index contributed by atoms with van der Waals surface area (Å²) >= 11 is 1.61. The Hall–Kier alpha value is -4.37. The number of halogens is 1. The Bertz CT molecular complexity index is 1640. The highest BCUT2D eigenvalue weighted by molar-refractivity contribution is 7.08. The normalized spacial score (nSPS) is 11.7. The molecule has 192 valence electrons. The lowest BCUT2D eigenvalue weighted by Gasteiger charge is -2.10. The smallest absolute Gasteiger partial charge is 0.161 e. The van der Waals surface area contributed by atoms with Gasteiger partial charge < -0.3 is 10.3 Å². The Morgan fingerprint density at radius 2 is 2.11 bits per heavy atom. The molecule has 3 N–H and O–H groups in total. The number of fused-ring (bicyclic) bond motifs is 1. The van der Waals surface area contributed by atoms with Crippen molar-refractivity contribution in [1.29, 1.82) is 0 Å². The number of hydrogen-bond donors (Lipinski definition) is 3. The third-order valence-electron chi connectivity index (χ3n) is 6.19. The molecule has 9 heteroatoms. The number of nitrogens with one attached hydrogen (secondary N) is 3. The summed E-state index contributed by atoms with van der Waals surface area (Å²) in [7, 11) is 0. The highest BCUT2D eigenvalue weighted by Crippen LogP contribution is 2.34. The number of anilines is 1. The molecule has 5 aromatic heterocycles. The summed E-state index contributed by atoms with van der Waals surface area (Å²) in [6.45, 7) is 12.0. The van der Waals surface area contributed by atoms with Crippen molar-refractivity contribution in [3.05, 3.63) is 95.3 Å². The molecule has 0 saturated heterocycles. The molecule has 0 amide bonds. The molecule has 0 aliphatic carbocycles. The minimum Gasteiger partial charge on any atom is -0.358 e. The van der Waals surface area contributed by atoms with Crippen LogP contribution in [0.1, 0.15) is 43.1 Å². The molecule has 7 nitrogen and oxygen atoms in total. The van der Waals surface area contributed by atoms with Gasteiger partial charge in [0.05, 0.1) is 34.7 Å². The summed E-state index contributed by atoms with van der Waals surface area (Å²) < 4.78 is 16.1. The van der Waals surface area contributed by atoms with Crippen molar-refractivity contribution in [1.82, 2.24) is 30.1 Å². The Morgan fingerprint density at radius 1 is 1.24 bits per heavy atom. The summed E-state index contributed by atoms with van der Waals surface area (Å²) in [6, 6.07) is 3.86. The second kappa shape index (κ2) is 10.9. The third kappa shape index (κ3) is 4.92. The van der Waals surface area contributed by atoms with Crippen molar-refractivity contribution in [2.24, 2.45) is 0 Å². The van der Waals surface area contributed by atoms with E-state index in [-0.39, 0.29) is 5.69 Å². The fourth-order valence-electron chi connectivity index (χ4n) is 4.32. The van der Waals surface area contributed by atoms with E-state index in [9.17, 15) is 0 Å². The van der Waals surface area contributed by atoms with Crippen LogP contribution >= 0.6 is 11.3 Å². The van der Waals surface area contributed by atoms with Gasteiger partial charge in [-0.05, 0) is 48.2 Å². The molecule has 0 bridgehead atoms. The van der Waals surface area contributed by atoms with Crippen LogP contribution in [0.4, 0.5) is 10.1 Å². The maximum absolute atomic E-state index is 16.1. The van der Waals surface area contributed by atoms with Gasteiger partial charge in [0, 0.05) is 28.7 Å². The summed E-state index contributed by atoms with van der Waals surface area (Å²) in [4.78, 5) is 16.8. The lowest BCUT2D eigenvalue weighted by atomic mass is 10.0. The van der Waals surface area contributed by atoms with E-state index in [1.54, 1.807) is 36.0 Å². The van der Waals surface area contributed by atoms with E-state index in [1.165, 1.54) is 0 Å². The molecule has 0 unspecified atom stereocenters. The van der Waals surface area contributed by atoms with Crippen LogP contribution in [-0.4, -0.2) is 30.1 Å². The van der Waals surface area contributed by atoms with E-state index in [2.05, 4.69) is 55.9 Å². The van der Waals surface area contributed by atoms with Crippen LogP contribution in [0.2, 0.25) is 0 Å². The molecular weight excluding hydrogens is 497 g/mol. The first kappa shape index (κ1) is 25.3. The van der Waals surface area contributed by atoms with E-state index < -0.39 is 5.82 Å². The Labute approximate surface area is 224 Å². The van der Waals surface area contributed by atoms with Crippen molar-refractivity contribution in [3.63, 3.8) is 0 Å². The average molecular weight is 526 g/mol. The van der Waals surface area contributed by atoms with Crippen LogP contribution < -0.4 is 5.32 Å². The molecule has 5 heterocycles. The molecule has 0 spiro atoms. The highest BCUT2D eigenvalue weighted by Gasteiger charge is 2.22. The Morgan fingerprint density at radius 3 is 2.87 bits per heavy atom. The molecule has 0 aromatic carbocycles. The first-order valence-electron chi connectivity index (χ1n) is 12.4. The van der Waals surface area contributed by atoms with Gasteiger partial charge in [-0.3, -0.25) is 15.1 Å². The van der Waals surface area contributed by atoms with Gasteiger partial charge in [0.25, 0.3) is 0 Å². The van der Waals surface area contributed by atoms with Crippen molar-refractivity contribution in [2.45, 2.75) is 33.1 Å². The van der Waals surface area contributed by atoms with Crippen molar-refractivity contribution in [2.75, 3.05) is 5.32 Å². The molecule has 0 aliphatic heterocycles. The summed E-state index contributed by atoms with van der Waals surface area (Å²) in [6.07, 6.45) is 11.5. The maximum atomic E-state index is 16.1. The molecular formula is C29H28FN7S. The van der Waals surface area contributed by atoms with Crippen molar-refractivity contribution in [3.8, 4) is 22.8 Å². The van der Waals surface area contributed by atoms with Gasteiger partial charge in [-0.25, -0.2) is 9.37 Å². The quantitative estimate of drug-likeness (QED) is 0.163. The lowest BCUT2D eigenvalue weighted by Crippen LogP contribution is -1.99. The van der Waals surface area contributed by atoms with Gasteiger partial charge in [0.2, 0.25) is 0 Å². The van der Waals surface area contributed by atoms with Crippen LogP contribution in [-0.2, 0) is 0 Å². The standard InChI is InChI=1S/C29H28FN7S/c1-5-7-9-17(3)33-21-12-20(13-31-14-21)27-25(30)24-23(15-32-27)36-37-28(24)29-34-18(4)26(35-29)22(8-6-2)19-10-11-38-16-19/h6,8,10-16,33H,2-3,5,7,9H2,1,4H3,(H,34,35)(H,36,37)/b22-8-. The van der Waals surface area contributed by atoms with Crippen LogP contribution in [0.15, 0.2) is 72.5 Å². The zero-order chi connectivity index (χ0) is 26.6. The predicted octanol–water partition coefficient (Wildman–Crippen LogP) is 7.65. The number of imidazole rings is 1. The first-order chi connectivity index (χ1) is 18.5. The number of hydrogen-bond acceptors (Lipinski definition) is 6. The summed E-state index contributed by atoms with van der Waals surface area (Å²) in [5.41, 5.74) is 6.80. The van der Waals surface area contributed by atoms with E-state index in [0.29, 0.717) is 28.0 Å². The molecule has 0 aliphatic rings.